The van der Waals surface area contributed by atoms with E-state index in [2.05, 4.69) is 95.2 Å². The third-order valence-electron chi connectivity index (χ3n) is 29.9. The minimum absolute atomic E-state index is 0.0110. The molecule has 0 bridgehead atoms. The number of rotatable bonds is 8. The van der Waals surface area contributed by atoms with Crippen molar-refractivity contribution in [2.75, 3.05) is 0 Å². The summed E-state index contributed by atoms with van der Waals surface area (Å²) in [6, 6.07) is 13.1. The molecule has 0 aromatic heterocycles. The zero-order valence-corrected chi connectivity index (χ0v) is 57.4. The van der Waals surface area contributed by atoms with Crippen LogP contribution in [-0.4, -0.2) is 100 Å². The van der Waals surface area contributed by atoms with E-state index in [0.717, 1.165) is 73.6 Å². The van der Waals surface area contributed by atoms with Gasteiger partial charge in [0.2, 0.25) is 0 Å². The number of aliphatic hydroxyl groups is 4. The number of benzene rings is 2. The molecule has 8 fully saturated rings. The van der Waals surface area contributed by atoms with Gasteiger partial charge in [0.1, 0.15) is 23.7 Å². The molecule has 10 aliphatic rings. The summed E-state index contributed by atoms with van der Waals surface area (Å²) in [5, 5.41) is 88.0. The van der Waals surface area contributed by atoms with Gasteiger partial charge >= 0.3 is 23.9 Å². The van der Waals surface area contributed by atoms with Gasteiger partial charge in [0.15, 0.2) is 0 Å². The molecule has 2 aromatic rings. The maximum absolute atomic E-state index is 13.0. The smallest absolute Gasteiger partial charge is 0.331 e. The first-order chi connectivity index (χ1) is 42.7. The van der Waals surface area contributed by atoms with Crippen LogP contribution in [0.1, 0.15) is 211 Å². The van der Waals surface area contributed by atoms with Crippen molar-refractivity contribution in [1.29, 1.82) is 0 Å². The van der Waals surface area contributed by atoms with Gasteiger partial charge in [-0.05, 0) is 232 Å². The molecule has 0 aliphatic heterocycles. The Hall–Kier alpha value is -5.28. The lowest BCUT2D eigenvalue weighted by Crippen LogP contribution is -2.69. The standard InChI is InChI=1S/2C39H54O7/c2*1-23-16-19-39(33(43)44)21-20-36(5)26(31(39)38(23,7)45)13-14-29-35(4)22-27(41)32(34(2,3)28(35)17-18-37(29,36)6)46-30(42)15-10-24-8-11-25(40)12-9-24/h2*8-13,15,23,27-29,31-32,40-41,45H,14,16-22H2,1-7H3,(H,43,44)/b15-10+;15-10-/t2*23-,27-,28?,29-,31-,32+,35+,36-,37-,38-,39+/m11/s1. The molecule has 0 radical (unpaired) electrons. The van der Waals surface area contributed by atoms with Crippen molar-refractivity contribution in [3.05, 3.63) is 95.1 Å². The van der Waals surface area contributed by atoms with Gasteiger partial charge in [-0.25, -0.2) is 9.59 Å². The van der Waals surface area contributed by atoms with Crippen molar-refractivity contribution in [2.24, 2.45) is 101 Å². The molecule has 22 atom stereocenters. The summed E-state index contributed by atoms with van der Waals surface area (Å²) in [7, 11) is 0. The first-order valence-electron chi connectivity index (χ1n) is 34.7. The Morgan fingerprint density at radius 1 is 0.467 bits per heavy atom. The molecule has 2 unspecified atom stereocenters. The van der Waals surface area contributed by atoms with Crippen LogP contribution in [0, 0.1) is 101 Å². The molecule has 12 rings (SSSR count). The van der Waals surface area contributed by atoms with E-state index >= 15 is 0 Å². The number of fused-ring (bicyclic) bond motifs is 14. The molecule has 0 amide bonds. The maximum atomic E-state index is 13.0. The maximum Gasteiger partial charge on any atom is 0.331 e. The van der Waals surface area contributed by atoms with Crippen molar-refractivity contribution in [3.8, 4) is 11.5 Å². The van der Waals surface area contributed by atoms with E-state index in [1.165, 1.54) is 12.2 Å². The van der Waals surface area contributed by atoms with E-state index in [0.29, 0.717) is 51.4 Å². The number of phenols is 2. The summed E-state index contributed by atoms with van der Waals surface area (Å²) >= 11 is 0. The van der Waals surface area contributed by atoms with Crippen molar-refractivity contribution in [1.82, 2.24) is 0 Å². The largest absolute Gasteiger partial charge is 0.508 e. The molecule has 8 N–H and O–H groups in total. The first-order valence-corrected chi connectivity index (χ1v) is 34.7. The van der Waals surface area contributed by atoms with E-state index in [9.17, 15) is 60.0 Å². The van der Waals surface area contributed by atoms with E-state index in [1.54, 1.807) is 60.7 Å². The molecule has 0 heterocycles. The number of ether oxygens (including phenoxy) is 2. The fourth-order valence-corrected chi connectivity index (χ4v) is 24.2. The molecule has 10 aliphatic carbocycles. The molecule has 2 aromatic carbocycles. The molecule has 8 saturated carbocycles. The summed E-state index contributed by atoms with van der Waals surface area (Å²) < 4.78 is 12.1. The van der Waals surface area contributed by atoms with E-state index in [4.69, 9.17) is 9.47 Å². The van der Waals surface area contributed by atoms with Crippen LogP contribution in [0.2, 0.25) is 0 Å². The average molecular weight is 1270 g/mol. The first kappa shape index (κ1) is 68.1. The third-order valence-corrected chi connectivity index (χ3v) is 29.9. The number of carboxylic acids is 2. The second-order valence-electron chi connectivity index (χ2n) is 34.5. The van der Waals surface area contributed by atoms with Crippen LogP contribution in [0.15, 0.2) is 84.0 Å². The average Bonchev–Trinajstić information content (AvgIpc) is 0.680. The van der Waals surface area contributed by atoms with Crippen molar-refractivity contribution >= 4 is 36.0 Å². The summed E-state index contributed by atoms with van der Waals surface area (Å²) in [5.74, 6) is -2.14. The Morgan fingerprint density at radius 3 is 1.13 bits per heavy atom. The highest BCUT2D eigenvalue weighted by atomic mass is 16.6. The number of esters is 2. The topological polar surface area (TPSA) is 249 Å². The summed E-state index contributed by atoms with van der Waals surface area (Å²) in [5.41, 5.74) is -2.49. The van der Waals surface area contributed by atoms with Gasteiger partial charge in [0.05, 0.1) is 34.2 Å². The van der Waals surface area contributed by atoms with Crippen LogP contribution in [-0.2, 0) is 28.7 Å². The number of hydrogen-bond donors (Lipinski definition) is 8. The Kier molecular flexibility index (Phi) is 16.8. The number of carbonyl (C=O) groups excluding carboxylic acids is 2. The number of hydrogen-bond acceptors (Lipinski definition) is 12. The number of aliphatic carboxylic acids is 2. The molecular weight excluding hydrogens is 1160 g/mol. The molecule has 92 heavy (non-hydrogen) atoms. The quantitative estimate of drug-likeness (QED) is 0.0696. The van der Waals surface area contributed by atoms with Gasteiger partial charge < -0.3 is 50.3 Å². The Labute approximate surface area is 546 Å². The Bertz CT molecular complexity index is 3130. The van der Waals surface area contributed by atoms with Gasteiger partial charge in [0.25, 0.3) is 0 Å². The number of aliphatic hydroxyl groups excluding tert-OH is 2. The van der Waals surface area contributed by atoms with Gasteiger partial charge in [-0.3, -0.25) is 9.59 Å². The predicted molar refractivity (Wildman–Crippen MR) is 353 cm³/mol. The lowest BCUT2D eigenvalue weighted by molar-refractivity contribution is -0.242. The predicted octanol–water partition coefficient (Wildman–Crippen LogP) is 14.3. The number of carbonyl (C=O) groups is 4. The van der Waals surface area contributed by atoms with Crippen molar-refractivity contribution in [3.63, 3.8) is 0 Å². The highest BCUT2D eigenvalue weighted by Gasteiger charge is 2.75. The lowest BCUT2D eigenvalue weighted by atomic mass is 9.33. The third kappa shape index (κ3) is 9.92. The van der Waals surface area contributed by atoms with Gasteiger partial charge in [-0.15, -0.1) is 0 Å². The molecule has 504 valence electrons. The summed E-state index contributed by atoms with van der Waals surface area (Å²) in [4.78, 5) is 52.1. The summed E-state index contributed by atoms with van der Waals surface area (Å²) in [6.07, 6.45) is 19.4. The normalized spacial score (nSPS) is 46.2. The van der Waals surface area contributed by atoms with Crippen LogP contribution in [0.25, 0.3) is 12.2 Å². The minimum atomic E-state index is -1.11. The summed E-state index contributed by atoms with van der Waals surface area (Å²) in [6.45, 7) is 30.6. The number of phenolic OH excluding ortho intramolecular Hbond substituents is 2. The zero-order valence-electron chi connectivity index (χ0n) is 57.4. The highest BCUT2D eigenvalue weighted by molar-refractivity contribution is 5.88. The lowest BCUT2D eigenvalue weighted by Gasteiger charge is -2.72. The van der Waals surface area contributed by atoms with Crippen LogP contribution in [0.4, 0.5) is 0 Å². The second-order valence-corrected chi connectivity index (χ2v) is 34.5. The fraction of sp³-hybridized carbons (Fsp3) is 0.692. The second kappa shape index (κ2) is 22.7. The Morgan fingerprint density at radius 2 is 0.804 bits per heavy atom. The van der Waals surface area contributed by atoms with Crippen LogP contribution < -0.4 is 0 Å². The van der Waals surface area contributed by atoms with Crippen LogP contribution >= 0.6 is 0 Å². The van der Waals surface area contributed by atoms with E-state index in [-0.39, 0.29) is 79.5 Å². The molecule has 14 heteroatoms. The van der Waals surface area contributed by atoms with Crippen molar-refractivity contribution in [2.45, 2.75) is 235 Å². The van der Waals surface area contributed by atoms with Crippen LogP contribution in [0.5, 0.6) is 11.5 Å². The number of aromatic hydroxyl groups is 2. The van der Waals surface area contributed by atoms with Gasteiger partial charge in [-0.2, -0.15) is 0 Å². The molecular formula is C78H108O14. The number of allylic oxidation sites excluding steroid dienone is 2. The highest BCUT2D eigenvalue weighted by Crippen LogP contribution is 2.79. The number of carboxylic acid groups (broad SMARTS) is 2. The minimum Gasteiger partial charge on any atom is -0.508 e. The van der Waals surface area contributed by atoms with Crippen LogP contribution in [0.3, 0.4) is 0 Å². The van der Waals surface area contributed by atoms with E-state index in [1.807, 2.05) is 13.8 Å². The monoisotopic (exact) mass is 1270 g/mol. The Balaban J connectivity index is 0.000000188. The SMILES string of the molecule is C[C@@H]1CC[C@]2(C(=O)O)CC[C@]3(C)C(=CC[C@@H]4[C@@]5(C)C[C@@H](O)[C@H](OC(=O)/C=C/c6ccc(O)cc6)C(C)(C)C5CC[C@]43C)[C@@H]2[C@]1(C)O.C[C@@H]1CC[C@]2(C(=O)O)CC[C@]3(C)C(=CC[C@@H]4[C@@]5(C)C[C@@H](O)[C@H](OC(=O)/C=C\c6ccc(O)cc6)C(C)(C)C5CC[C@]43C)[C@@H]2[C@]1(C)O. The molecule has 0 spiro atoms. The fourth-order valence-electron chi connectivity index (χ4n) is 24.2. The molecule has 0 saturated heterocycles. The van der Waals surface area contributed by atoms with E-state index < -0.39 is 93.0 Å². The van der Waals surface area contributed by atoms with Gasteiger partial charge in [-0.1, -0.05) is 131 Å². The van der Waals surface area contributed by atoms with Gasteiger partial charge in [0, 0.05) is 34.8 Å². The molecule has 14 nitrogen and oxygen atoms in total. The van der Waals surface area contributed by atoms with Crippen molar-refractivity contribution < 1.29 is 69.5 Å². The zero-order chi connectivity index (χ0) is 67.3.